The van der Waals surface area contributed by atoms with Crippen molar-refractivity contribution < 1.29 is 13.9 Å². The zero-order valence-electron chi connectivity index (χ0n) is 8.13. The first-order valence-electron chi connectivity index (χ1n) is 4.20. The molecule has 0 aliphatic heterocycles. The summed E-state index contributed by atoms with van der Waals surface area (Å²) >= 11 is 0. The number of aryl methyl sites for hydroxylation is 1. The largest absolute Gasteiger partial charge is 0.462 e. The van der Waals surface area contributed by atoms with Gasteiger partial charge in [-0.1, -0.05) is 11.6 Å². The highest BCUT2D eigenvalue weighted by Gasteiger charge is 2.10. The van der Waals surface area contributed by atoms with Crippen molar-refractivity contribution in [2.75, 3.05) is 13.9 Å². The van der Waals surface area contributed by atoms with Crippen molar-refractivity contribution >= 4 is 5.91 Å². The van der Waals surface area contributed by atoms with E-state index in [2.05, 4.69) is 10.1 Å². The number of rotatable bonds is 3. The Labute approximate surface area is 81.9 Å². The minimum Gasteiger partial charge on any atom is -0.462 e. The van der Waals surface area contributed by atoms with Gasteiger partial charge in [-0.15, -0.1) is 0 Å². The first-order chi connectivity index (χ1) is 6.69. The van der Waals surface area contributed by atoms with E-state index in [-0.39, 0.29) is 11.7 Å². The Bertz CT molecular complexity index is 339. The number of hydrogen-bond donors (Lipinski definition) is 1. The van der Waals surface area contributed by atoms with Crippen LogP contribution in [0.4, 0.5) is 4.39 Å². The molecule has 1 aromatic rings. The zero-order chi connectivity index (χ0) is 10.6. The number of nitrogens with one attached hydrogen (secondary N) is 1. The Morgan fingerprint density at radius 2 is 2.29 bits per heavy atom. The monoisotopic (exact) mass is 197 g/mol. The van der Waals surface area contributed by atoms with Crippen LogP contribution >= 0.6 is 0 Å². The highest BCUT2D eigenvalue weighted by Crippen LogP contribution is 2.19. The van der Waals surface area contributed by atoms with Crippen LogP contribution in [-0.2, 0) is 0 Å². The third-order valence-corrected chi connectivity index (χ3v) is 1.82. The van der Waals surface area contributed by atoms with Gasteiger partial charge in [0, 0.05) is 7.05 Å². The van der Waals surface area contributed by atoms with E-state index in [9.17, 15) is 9.18 Å². The minimum atomic E-state index is -0.937. The van der Waals surface area contributed by atoms with Gasteiger partial charge < -0.3 is 10.1 Å². The second kappa shape index (κ2) is 4.60. The second-order valence-corrected chi connectivity index (χ2v) is 2.83. The molecule has 1 rings (SSSR count). The van der Waals surface area contributed by atoms with Gasteiger partial charge >= 0.3 is 0 Å². The molecule has 0 fully saturated rings. The van der Waals surface area contributed by atoms with Crippen LogP contribution in [0, 0.1) is 6.92 Å². The maximum atomic E-state index is 12.0. The topological polar surface area (TPSA) is 38.3 Å². The standard InChI is InChI=1S/C10H12FNO2/c1-7-3-4-9(14-6-11)8(5-7)10(13)12-2/h3-5H,6H2,1-2H3,(H,12,13). The van der Waals surface area contributed by atoms with E-state index < -0.39 is 6.86 Å². The predicted molar refractivity (Wildman–Crippen MR) is 51.2 cm³/mol. The highest BCUT2D eigenvalue weighted by molar-refractivity contribution is 5.96. The van der Waals surface area contributed by atoms with Gasteiger partial charge in [0.2, 0.25) is 6.86 Å². The summed E-state index contributed by atoms with van der Waals surface area (Å²) in [5.74, 6) is -0.0189. The molecule has 0 atom stereocenters. The molecular weight excluding hydrogens is 185 g/mol. The molecule has 14 heavy (non-hydrogen) atoms. The lowest BCUT2D eigenvalue weighted by molar-refractivity contribution is 0.0955. The molecule has 0 radical (unpaired) electrons. The highest BCUT2D eigenvalue weighted by atomic mass is 19.1. The van der Waals surface area contributed by atoms with Gasteiger partial charge in [0.05, 0.1) is 5.56 Å². The number of halogens is 1. The Kier molecular flexibility index (Phi) is 3.45. The summed E-state index contributed by atoms with van der Waals surface area (Å²) in [7, 11) is 1.52. The molecule has 1 aromatic carbocycles. The van der Waals surface area contributed by atoms with Crippen molar-refractivity contribution in [1.82, 2.24) is 5.32 Å². The van der Waals surface area contributed by atoms with Crippen LogP contribution in [0.3, 0.4) is 0 Å². The molecule has 1 amide bonds. The van der Waals surface area contributed by atoms with E-state index in [1.807, 2.05) is 6.92 Å². The second-order valence-electron chi connectivity index (χ2n) is 2.83. The number of alkyl halides is 1. The molecule has 0 aliphatic rings. The van der Waals surface area contributed by atoms with Gasteiger partial charge in [-0.05, 0) is 19.1 Å². The molecule has 76 valence electrons. The van der Waals surface area contributed by atoms with Gasteiger partial charge in [-0.2, -0.15) is 0 Å². The molecule has 4 heteroatoms. The maximum absolute atomic E-state index is 12.0. The fourth-order valence-corrected chi connectivity index (χ4v) is 1.14. The van der Waals surface area contributed by atoms with Crippen molar-refractivity contribution in [3.05, 3.63) is 29.3 Å². The minimum absolute atomic E-state index is 0.262. The lowest BCUT2D eigenvalue weighted by Crippen LogP contribution is -2.19. The maximum Gasteiger partial charge on any atom is 0.254 e. The van der Waals surface area contributed by atoms with Crippen molar-refractivity contribution in [2.24, 2.45) is 0 Å². The van der Waals surface area contributed by atoms with Crippen molar-refractivity contribution in [1.29, 1.82) is 0 Å². The molecule has 0 saturated heterocycles. The lowest BCUT2D eigenvalue weighted by atomic mass is 10.1. The Hall–Kier alpha value is -1.58. The van der Waals surface area contributed by atoms with Crippen LogP contribution in [0.15, 0.2) is 18.2 Å². The van der Waals surface area contributed by atoms with Crippen molar-refractivity contribution in [3.8, 4) is 5.75 Å². The first kappa shape index (κ1) is 10.5. The molecule has 0 bridgehead atoms. The number of carbonyl (C=O) groups is 1. The molecule has 0 unspecified atom stereocenters. The van der Waals surface area contributed by atoms with Crippen LogP contribution in [-0.4, -0.2) is 19.8 Å². The molecule has 3 nitrogen and oxygen atoms in total. The van der Waals surface area contributed by atoms with E-state index in [1.54, 1.807) is 18.2 Å². The van der Waals surface area contributed by atoms with Crippen LogP contribution < -0.4 is 10.1 Å². The van der Waals surface area contributed by atoms with Gasteiger partial charge in [0.25, 0.3) is 5.91 Å². The average Bonchev–Trinajstić information content (AvgIpc) is 2.20. The molecule has 0 heterocycles. The van der Waals surface area contributed by atoms with Crippen LogP contribution in [0.5, 0.6) is 5.75 Å². The van der Waals surface area contributed by atoms with Gasteiger partial charge in [-0.25, -0.2) is 4.39 Å². The number of hydrogen-bond acceptors (Lipinski definition) is 2. The van der Waals surface area contributed by atoms with E-state index in [1.165, 1.54) is 7.05 Å². The van der Waals surface area contributed by atoms with Crippen LogP contribution in [0.25, 0.3) is 0 Å². The number of benzene rings is 1. The van der Waals surface area contributed by atoms with Gasteiger partial charge in [-0.3, -0.25) is 4.79 Å². The van der Waals surface area contributed by atoms with E-state index >= 15 is 0 Å². The van der Waals surface area contributed by atoms with Crippen molar-refractivity contribution in [2.45, 2.75) is 6.92 Å². The van der Waals surface area contributed by atoms with Crippen molar-refractivity contribution in [3.63, 3.8) is 0 Å². The average molecular weight is 197 g/mol. The fraction of sp³-hybridized carbons (Fsp3) is 0.300. The zero-order valence-corrected chi connectivity index (χ0v) is 8.13. The molecule has 0 spiro atoms. The molecular formula is C10H12FNO2. The molecule has 0 aliphatic carbocycles. The molecule has 1 N–H and O–H groups in total. The summed E-state index contributed by atoms with van der Waals surface area (Å²) in [6.45, 7) is 0.915. The summed E-state index contributed by atoms with van der Waals surface area (Å²) in [6.07, 6.45) is 0. The number of amides is 1. The Morgan fingerprint density at radius 1 is 1.57 bits per heavy atom. The Morgan fingerprint density at radius 3 is 2.86 bits per heavy atom. The van der Waals surface area contributed by atoms with E-state index in [0.717, 1.165) is 5.56 Å². The summed E-state index contributed by atoms with van der Waals surface area (Å²) in [4.78, 5) is 11.3. The number of ether oxygens (including phenoxy) is 1. The molecule has 0 saturated carbocycles. The molecule has 0 aromatic heterocycles. The summed E-state index contributed by atoms with van der Waals surface area (Å²) in [6, 6.07) is 5.00. The normalized spacial score (nSPS) is 9.64. The SMILES string of the molecule is CNC(=O)c1cc(C)ccc1OCF. The summed E-state index contributed by atoms with van der Waals surface area (Å²) in [5, 5.41) is 2.47. The summed E-state index contributed by atoms with van der Waals surface area (Å²) in [5.41, 5.74) is 1.28. The Balaban J connectivity index is 3.08. The predicted octanol–water partition coefficient (Wildman–Crippen LogP) is 1.66. The smallest absolute Gasteiger partial charge is 0.254 e. The fourth-order valence-electron chi connectivity index (χ4n) is 1.14. The quantitative estimate of drug-likeness (QED) is 0.800. The van der Waals surface area contributed by atoms with E-state index in [4.69, 9.17) is 0 Å². The third-order valence-electron chi connectivity index (χ3n) is 1.82. The van der Waals surface area contributed by atoms with E-state index in [0.29, 0.717) is 5.56 Å². The number of carbonyl (C=O) groups excluding carboxylic acids is 1. The van der Waals surface area contributed by atoms with Crippen LogP contribution in [0.1, 0.15) is 15.9 Å². The van der Waals surface area contributed by atoms with Gasteiger partial charge in [0.15, 0.2) is 0 Å². The van der Waals surface area contributed by atoms with Gasteiger partial charge in [0.1, 0.15) is 5.75 Å². The third kappa shape index (κ3) is 2.22. The van der Waals surface area contributed by atoms with Crippen LogP contribution in [0.2, 0.25) is 0 Å². The summed E-state index contributed by atoms with van der Waals surface area (Å²) < 4.78 is 16.7. The lowest BCUT2D eigenvalue weighted by Gasteiger charge is -2.08. The first-order valence-corrected chi connectivity index (χ1v) is 4.20.